The Kier molecular flexibility index (Phi) is 5.48. The summed E-state index contributed by atoms with van der Waals surface area (Å²) in [6.07, 6.45) is 5.74. The number of aromatic nitrogens is 3. The van der Waals surface area contributed by atoms with Crippen LogP contribution >= 0.6 is 11.8 Å². The van der Waals surface area contributed by atoms with Gasteiger partial charge in [-0.25, -0.2) is 0 Å². The van der Waals surface area contributed by atoms with E-state index in [0.717, 1.165) is 43.1 Å². The van der Waals surface area contributed by atoms with E-state index in [0.29, 0.717) is 12.6 Å². The third-order valence-electron chi connectivity index (χ3n) is 6.70. The first-order valence-corrected chi connectivity index (χ1v) is 12.2. The van der Waals surface area contributed by atoms with Gasteiger partial charge >= 0.3 is 0 Å². The van der Waals surface area contributed by atoms with Crippen LogP contribution in [0, 0.1) is 5.92 Å². The van der Waals surface area contributed by atoms with E-state index >= 15 is 0 Å². The van der Waals surface area contributed by atoms with Crippen LogP contribution in [-0.2, 0) is 17.8 Å². The lowest BCUT2D eigenvalue weighted by Crippen LogP contribution is -2.40. The lowest BCUT2D eigenvalue weighted by molar-refractivity contribution is -0.131. The van der Waals surface area contributed by atoms with Crippen LogP contribution in [0.2, 0.25) is 0 Å². The zero-order valence-corrected chi connectivity index (χ0v) is 18.8. The summed E-state index contributed by atoms with van der Waals surface area (Å²) in [7, 11) is 0. The molecule has 1 saturated heterocycles. The molecule has 3 heterocycles. The maximum atomic E-state index is 13.2. The maximum Gasteiger partial charge on any atom is 0.236 e. The van der Waals surface area contributed by atoms with E-state index in [1.165, 1.54) is 36.8 Å². The predicted molar refractivity (Wildman–Crippen MR) is 120 cm³/mol. The Balaban J connectivity index is 1.29. The highest BCUT2D eigenvalue weighted by molar-refractivity contribution is 8.00. The van der Waals surface area contributed by atoms with Crippen LogP contribution in [0.25, 0.3) is 0 Å². The molecule has 2 aromatic rings. The number of nitrogens with zero attached hydrogens (tertiary/aromatic N) is 5. The third-order valence-corrected chi connectivity index (χ3v) is 7.74. The second-order valence-electron chi connectivity index (χ2n) is 9.09. The number of thioether (sulfide) groups is 1. The summed E-state index contributed by atoms with van der Waals surface area (Å²) >= 11 is 1.58. The van der Waals surface area contributed by atoms with Crippen molar-refractivity contribution in [2.75, 3.05) is 24.5 Å². The molecule has 1 aromatic carbocycles. The quantitative estimate of drug-likeness (QED) is 0.680. The van der Waals surface area contributed by atoms with Crippen LogP contribution < -0.4 is 4.90 Å². The van der Waals surface area contributed by atoms with Gasteiger partial charge in [0, 0.05) is 32.2 Å². The molecule has 7 heteroatoms. The number of carbonyl (C=O) groups excluding carboxylic acids is 1. The van der Waals surface area contributed by atoms with Gasteiger partial charge in [-0.3, -0.25) is 9.36 Å². The Morgan fingerprint density at radius 2 is 1.80 bits per heavy atom. The Morgan fingerprint density at radius 1 is 1.07 bits per heavy atom. The molecule has 2 aliphatic heterocycles. The minimum atomic E-state index is -0.161. The molecule has 1 amide bonds. The number of amides is 1. The van der Waals surface area contributed by atoms with Gasteiger partial charge in [0.15, 0.2) is 5.16 Å². The first-order chi connectivity index (χ1) is 14.6. The van der Waals surface area contributed by atoms with E-state index in [-0.39, 0.29) is 11.2 Å². The van der Waals surface area contributed by atoms with Crippen molar-refractivity contribution in [2.45, 2.75) is 68.9 Å². The third kappa shape index (κ3) is 3.96. The van der Waals surface area contributed by atoms with Crippen LogP contribution in [0.1, 0.15) is 56.7 Å². The molecular weight excluding hydrogens is 394 g/mol. The SMILES string of the molecule is CC1CCN(c2nnc(S[C@H](C)C(=O)N3CCc4ccccc4C3)n2C2CC2)CC1. The van der Waals surface area contributed by atoms with Crippen molar-refractivity contribution in [1.82, 2.24) is 19.7 Å². The lowest BCUT2D eigenvalue weighted by Gasteiger charge is -2.31. The van der Waals surface area contributed by atoms with Gasteiger partial charge in [0.25, 0.3) is 0 Å². The van der Waals surface area contributed by atoms with E-state index in [9.17, 15) is 4.79 Å². The molecule has 6 nitrogen and oxygen atoms in total. The summed E-state index contributed by atoms with van der Waals surface area (Å²) in [5.41, 5.74) is 2.65. The smallest absolute Gasteiger partial charge is 0.236 e. The van der Waals surface area contributed by atoms with Crippen LogP contribution in [0.4, 0.5) is 5.95 Å². The van der Waals surface area contributed by atoms with Gasteiger partial charge in [0.1, 0.15) is 0 Å². The maximum absolute atomic E-state index is 13.2. The first kappa shape index (κ1) is 19.9. The number of fused-ring (bicyclic) bond motifs is 1. The molecular formula is C23H31N5OS. The van der Waals surface area contributed by atoms with Crippen LogP contribution in [0.15, 0.2) is 29.4 Å². The molecule has 0 radical (unpaired) electrons. The van der Waals surface area contributed by atoms with E-state index < -0.39 is 0 Å². The monoisotopic (exact) mass is 425 g/mol. The van der Waals surface area contributed by atoms with Crippen molar-refractivity contribution in [3.05, 3.63) is 35.4 Å². The van der Waals surface area contributed by atoms with Gasteiger partial charge in [-0.15, -0.1) is 10.2 Å². The number of anilines is 1. The summed E-state index contributed by atoms with van der Waals surface area (Å²) < 4.78 is 2.32. The van der Waals surface area contributed by atoms with Gasteiger partial charge in [0.2, 0.25) is 11.9 Å². The van der Waals surface area contributed by atoms with Gasteiger partial charge in [-0.2, -0.15) is 0 Å². The summed E-state index contributed by atoms with van der Waals surface area (Å²) in [4.78, 5) is 17.6. The van der Waals surface area contributed by atoms with E-state index in [1.807, 2.05) is 11.8 Å². The van der Waals surface area contributed by atoms with E-state index in [4.69, 9.17) is 0 Å². The van der Waals surface area contributed by atoms with Crippen molar-refractivity contribution in [1.29, 1.82) is 0 Å². The molecule has 0 unspecified atom stereocenters. The Bertz CT molecular complexity index is 916. The first-order valence-electron chi connectivity index (χ1n) is 11.3. The molecule has 0 spiro atoms. The fourth-order valence-corrected chi connectivity index (χ4v) is 5.57. The number of benzene rings is 1. The van der Waals surface area contributed by atoms with Crippen LogP contribution in [0.5, 0.6) is 0 Å². The summed E-state index contributed by atoms with van der Waals surface area (Å²) in [6, 6.07) is 8.96. The molecule has 1 aromatic heterocycles. The van der Waals surface area contributed by atoms with Gasteiger partial charge in [-0.05, 0) is 56.1 Å². The zero-order chi connectivity index (χ0) is 20.7. The molecule has 0 bridgehead atoms. The van der Waals surface area contributed by atoms with Crippen molar-refractivity contribution in [3.63, 3.8) is 0 Å². The average molecular weight is 426 g/mol. The van der Waals surface area contributed by atoms with Crippen molar-refractivity contribution >= 4 is 23.6 Å². The normalized spacial score (nSPS) is 20.9. The highest BCUT2D eigenvalue weighted by Gasteiger charge is 2.34. The topological polar surface area (TPSA) is 54.3 Å². The van der Waals surface area contributed by atoms with E-state index in [1.54, 1.807) is 11.8 Å². The standard InChI is InChI=1S/C23H31N5OS/c1-16-9-12-26(13-10-16)22-24-25-23(28(22)20-7-8-20)30-17(2)21(29)27-14-11-18-5-3-4-6-19(18)15-27/h3-6,16-17,20H,7-15H2,1-2H3/t17-/m1/s1. The summed E-state index contributed by atoms with van der Waals surface area (Å²) in [5, 5.41) is 9.86. The number of hydrogen-bond acceptors (Lipinski definition) is 5. The van der Waals surface area contributed by atoms with Crippen LogP contribution in [-0.4, -0.2) is 50.5 Å². The number of hydrogen-bond donors (Lipinski definition) is 0. The van der Waals surface area contributed by atoms with Gasteiger partial charge < -0.3 is 9.80 Å². The Morgan fingerprint density at radius 3 is 2.53 bits per heavy atom. The van der Waals surface area contributed by atoms with Crippen molar-refractivity contribution < 1.29 is 4.79 Å². The lowest BCUT2D eigenvalue weighted by atomic mass is 10.00. The minimum Gasteiger partial charge on any atom is -0.341 e. The Hall–Kier alpha value is -2.02. The molecule has 1 aliphatic carbocycles. The van der Waals surface area contributed by atoms with Crippen LogP contribution in [0.3, 0.4) is 0 Å². The second-order valence-corrected chi connectivity index (χ2v) is 10.4. The van der Waals surface area contributed by atoms with E-state index in [2.05, 4.69) is 50.9 Å². The zero-order valence-electron chi connectivity index (χ0n) is 18.0. The van der Waals surface area contributed by atoms with Gasteiger partial charge in [-0.1, -0.05) is 43.0 Å². The molecule has 1 saturated carbocycles. The summed E-state index contributed by atoms with van der Waals surface area (Å²) in [6.45, 7) is 7.97. The molecule has 160 valence electrons. The number of piperidine rings is 1. The molecule has 5 rings (SSSR count). The second kappa shape index (κ2) is 8.25. The molecule has 30 heavy (non-hydrogen) atoms. The fraction of sp³-hybridized carbons (Fsp3) is 0.609. The Labute approximate surface area is 183 Å². The number of rotatable bonds is 5. The van der Waals surface area contributed by atoms with Crippen molar-refractivity contribution in [2.24, 2.45) is 5.92 Å². The number of carbonyl (C=O) groups is 1. The minimum absolute atomic E-state index is 0.161. The molecule has 1 atom stereocenters. The molecule has 0 N–H and O–H groups in total. The van der Waals surface area contributed by atoms with Crippen molar-refractivity contribution in [3.8, 4) is 0 Å². The highest BCUT2D eigenvalue weighted by atomic mass is 32.2. The molecule has 2 fully saturated rings. The van der Waals surface area contributed by atoms with Gasteiger partial charge in [0.05, 0.1) is 5.25 Å². The fourth-order valence-electron chi connectivity index (χ4n) is 4.58. The predicted octanol–water partition coefficient (Wildman–Crippen LogP) is 3.91. The summed E-state index contributed by atoms with van der Waals surface area (Å²) in [5.74, 6) is 2.01. The highest BCUT2D eigenvalue weighted by Crippen LogP contribution is 2.42. The molecule has 3 aliphatic rings. The largest absolute Gasteiger partial charge is 0.341 e. The average Bonchev–Trinajstić information content (AvgIpc) is 3.53.